The highest BCUT2D eigenvalue weighted by molar-refractivity contribution is 7.79. The highest BCUT2D eigenvalue weighted by Crippen LogP contribution is 2.08. The molecule has 1 aromatic heterocycles. The molecule has 0 saturated heterocycles. The van der Waals surface area contributed by atoms with Gasteiger partial charge in [-0.2, -0.15) is 8.42 Å². The number of carbonyl (C=O) groups is 1. The second-order valence-electron chi connectivity index (χ2n) is 5.34. The molecule has 0 aliphatic heterocycles. The van der Waals surface area contributed by atoms with Crippen LogP contribution in [0.1, 0.15) is 27.2 Å². The van der Waals surface area contributed by atoms with Gasteiger partial charge in [0.1, 0.15) is 5.78 Å². The first-order chi connectivity index (χ1) is 10.4. The number of hydrogen-bond acceptors (Lipinski definition) is 5. The Morgan fingerprint density at radius 1 is 1.13 bits per heavy atom. The van der Waals surface area contributed by atoms with Gasteiger partial charge < -0.3 is 5.11 Å². The van der Waals surface area contributed by atoms with E-state index in [2.05, 4.69) is 17.1 Å². The summed E-state index contributed by atoms with van der Waals surface area (Å²) < 4.78 is 31.6. The Balaban J connectivity index is 0.000000338. The van der Waals surface area contributed by atoms with Crippen molar-refractivity contribution in [2.45, 2.75) is 32.8 Å². The molecule has 1 heterocycles. The maximum Gasteiger partial charge on any atom is 0.394 e. The Morgan fingerprint density at radius 2 is 1.61 bits per heavy atom. The topological polar surface area (TPSA) is 125 Å². The van der Waals surface area contributed by atoms with Crippen molar-refractivity contribution in [1.29, 1.82) is 0 Å². The average Bonchev–Trinajstić information content (AvgIpc) is 2.34. The lowest BCUT2D eigenvalue weighted by molar-refractivity contribution is -0.120. The molecule has 8 heteroatoms. The summed E-state index contributed by atoms with van der Waals surface area (Å²) in [7, 11) is -4.67. The molecular weight excluding hydrogens is 322 g/mol. The first kappa shape index (κ1) is 21.1. The van der Waals surface area contributed by atoms with E-state index in [0.29, 0.717) is 0 Å². The molecule has 0 unspecified atom stereocenters. The number of fused-ring (bicyclic) bond motifs is 1. The lowest BCUT2D eigenvalue weighted by Crippen LogP contribution is -2.21. The quantitative estimate of drug-likeness (QED) is 0.714. The third-order valence-electron chi connectivity index (χ3n) is 2.19. The fourth-order valence-electron chi connectivity index (χ4n) is 1.63. The summed E-state index contributed by atoms with van der Waals surface area (Å²) in [6, 6.07) is 12.1. The van der Waals surface area contributed by atoms with Crippen LogP contribution < -0.4 is 0 Å². The molecule has 23 heavy (non-hydrogen) atoms. The molecule has 1 aromatic carbocycles. The van der Waals surface area contributed by atoms with Crippen LogP contribution in [0.5, 0.6) is 0 Å². The van der Waals surface area contributed by atoms with Gasteiger partial charge >= 0.3 is 10.4 Å². The Bertz CT molecular complexity index is 649. The van der Waals surface area contributed by atoms with Crippen molar-refractivity contribution >= 4 is 27.1 Å². The number of aromatic nitrogens is 1. The van der Waals surface area contributed by atoms with Gasteiger partial charge in [-0.25, -0.2) is 0 Å². The fourth-order valence-corrected chi connectivity index (χ4v) is 1.63. The van der Waals surface area contributed by atoms with Gasteiger partial charge in [0.15, 0.2) is 0 Å². The monoisotopic (exact) mass is 343 g/mol. The fraction of sp³-hybridized carbons (Fsp3) is 0.333. The third kappa shape index (κ3) is 14.8. The van der Waals surface area contributed by atoms with Crippen molar-refractivity contribution in [3.63, 3.8) is 0 Å². The van der Waals surface area contributed by atoms with Crippen LogP contribution in [0.4, 0.5) is 0 Å². The van der Waals surface area contributed by atoms with E-state index in [1.165, 1.54) is 12.3 Å². The van der Waals surface area contributed by atoms with Gasteiger partial charge in [-0.3, -0.25) is 18.9 Å². The lowest BCUT2D eigenvalue weighted by atomic mass is 10.0. The van der Waals surface area contributed by atoms with Crippen LogP contribution in [0.15, 0.2) is 42.6 Å². The Hall–Kier alpha value is -1.87. The molecule has 0 aliphatic carbocycles. The molecule has 0 amide bonds. The van der Waals surface area contributed by atoms with E-state index in [0.717, 1.165) is 5.52 Å². The molecule has 0 radical (unpaired) electrons. The summed E-state index contributed by atoms with van der Waals surface area (Å²) in [6.45, 7) is 4.71. The van der Waals surface area contributed by atoms with E-state index in [-0.39, 0.29) is 12.2 Å². The normalized spacial score (nSPS) is 10.9. The number of aliphatic hydroxyl groups is 1. The highest BCUT2D eigenvalue weighted by Gasteiger charge is 2.13. The standard InChI is InChI=1S/C9H7N.C6H12O2.H2O4S/c1-2-6-9-8(4-1)5-3-7-10-9;1-5(7)4-6(2,3)8;1-5(2,3)4/h1-7H;8H,4H2,1-3H3;(H2,1,2,3,4). The number of ketones is 1. The maximum absolute atomic E-state index is 10.3. The molecule has 0 saturated carbocycles. The number of hydrogen-bond donors (Lipinski definition) is 3. The van der Waals surface area contributed by atoms with Gasteiger partial charge in [0.25, 0.3) is 0 Å². The highest BCUT2D eigenvalue weighted by atomic mass is 32.3. The number of para-hydroxylation sites is 1. The Labute approximate surface area is 135 Å². The van der Waals surface area contributed by atoms with Crippen LogP contribution in [0.2, 0.25) is 0 Å². The summed E-state index contributed by atoms with van der Waals surface area (Å²) in [5, 5.41) is 10.2. The maximum atomic E-state index is 10.3. The van der Waals surface area contributed by atoms with Crippen LogP contribution in [0.3, 0.4) is 0 Å². The number of pyridine rings is 1. The number of carbonyl (C=O) groups excluding carboxylic acids is 1. The summed E-state index contributed by atoms with van der Waals surface area (Å²) in [6.07, 6.45) is 2.05. The summed E-state index contributed by atoms with van der Waals surface area (Å²) in [5.74, 6) is 0.0255. The van der Waals surface area contributed by atoms with Gasteiger partial charge in [0.05, 0.1) is 11.1 Å². The van der Waals surface area contributed by atoms with E-state index in [9.17, 15) is 4.79 Å². The van der Waals surface area contributed by atoms with Crippen LogP contribution in [-0.4, -0.2) is 39.0 Å². The minimum atomic E-state index is -4.67. The third-order valence-corrected chi connectivity index (χ3v) is 2.19. The summed E-state index contributed by atoms with van der Waals surface area (Å²) in [5.41, 5.74) is 0.233. The minimum absolute atomic E-state index is 0.0255. The van der Waals surface area contributed by atoms with Crippen molar-refractivity contribution in [3.05, 3.63) is 42.6 Å². The Kier molecular flexibility index (Phi) is 8.55. The molecule has 2 rings (SSSR count). The van der Waals surface area contributed by atoms with E-state index in [4.69, 9.17) is 22.6 Å². The number of benzene rings is 1. The summed E-state index contributed by atoms with van der Waals surface area (Å²) in [4.78, 5) is 14.5. The zero-order valence-electron chi connectivity index (χ0n) is 13.2. The first-order valence-corrected chi connectivity index (χ1v) is 7.99. The minimum Gasteiger partial charge on any atom is -0.390 e. The van der Waals surface area contributed by atoms with E-state index >= 15 is 0 Å². The number of nitrogens with zero attached hydrogens (tertiary/aromatic N) is 1. The van der Waals surface area contributed by atoms with E-state index in [1.54, 1.807) is 13.8 Å². The second kappa shape index (κ2) is 9.31. The van der Waals surface area contributed by atoms with Gasteiger partial charge in [-0.15, -0.1) is 0 Å². The molecule has 0 spiro atoms. The van der Waals surface area contributed by atoms with Gasteiger partial charge in [0.2, 0.25) is 0 Å². The molecule has 2 aromatic rings. The molecule has 3 N–H and O–H groups in total. The molecule has 128 valence electrons. The second-order valence-corrected chi connectivity index (χ2v) is 6.23. The molecular formula is C15H21NO6S. The number of Topliss-reactive ketones (excluding diaryl/α,β-unsaturated/α-hetero) is 1. The van der Waals surface area contributed by atoms with Gasteiger partial charge in [-0.05, 0) is 32.9 Å². The molecule has 0 bridgehead atoms. The Morgan fingerprint density at radius 3 is 2.00 bits per heavy atom. The zero-order valence-corrected chi connectivity index (χ0v) is 14.0. The molecule has 0 fully saturated rings. The summed E-state index contributed by atoms with van der Waals surface area (Å²) >= 11 is 0. The predicted octanol–water partition coefficient (Wildman–Crippen LogP) is 2.32. The predicted molar refractivity (Wildman–Crippen MR) is 87.5 cm³/mol. The van der Waals surface area contributed by atoms with E-state index < -0.39 is 16.0 Å². The first-order valence-electron chi connectivity index (χ1n) is 6.60. The van der Waals surface area contributed by atoms with Gasteiger partial charge in [-0.1, -0.05) is 24.3 Å². The number of rotatable bonds is 2. The smallest absolute Gasteiger partial charge is 0.390 e. The van der Waals surface area contributed by atoms with Crippen LogP contribution in [-0.2, 0) is 15.2 Å². The molecule has 7 nitrogen and oxygen atoms in total. The van der Waals surface area contributed by atoms with Crippen molar-refractivity contribution in [2.75, 3.05) is 0 Å². The van der Waals surface area contributed by atoms with Crippen molar-refractivity contribution in [1.82, 2.24) is 4.98 Å². The average molecular weight is 343 g/mol. The van der Waals surface area contributed by atoms with Gasteiger partial charge in [0, 0.05) is 18.0 Å². The van der Waals surface area contributed by atoms with Crippen LogP contribution in [0.25, 0.3) is 10.9 Å². The van der Waals surface area contributed by atoms with E-state index in [1.807, 2.05) is 30.5 Å². The zero-order chi connectivity index (χ0) is 18.1. The SMILES string of the molecule is CC(=O)CC(C)(C)O.O=S(=O)(O)O.c1ccc2ncccc2c1. The molecule has 0 aliphatic rings. The lowest BCUT2D eigenvalue weighted by Gasteiger charge is -2.13. The molecule has 0 atom stereocenters. The van der Waals surface area contributed by atoms with Crippen LogP contribution in [0, 0.1) is 0 Å². The largest absolute Gasteiger partial charge is 0.394 e. The van der Waals surface area contributed by atoms with Crippen molar-refractivity contribution < 1.29 is 27.4 Å². The van der Waals surface area contributed by atoms with Crippen molar-refractivity contribution in [2.24, 2.45) is 0 Å². The van der Waals surface area contributed by atoms with Crippen LogP contribution >= 0.6 is 0 Å². The van der Waals surface area contributed by atoms with Crippen molar-refractivity contribution in [3.8, 4) is 0 Å².